The van der Waals surface area contributed by atoms with Crippen LogP contribution in [0, 0.1) is 13.8 Å². The molecule has 0 saturated heterocycles. The Kier molecular flexibility index (Phi) is 3.60. The van der Waals surface area contributed by atoms with Crippen molar-refractivity contribution in [3.63, 3.8) is 0 Å². The summed E-state index contributed by atoms with van der Waals surface area (Å²) >= 11 is 1.86. The molecule has 1 nitrogen and oxygen atoms in total. The molecule has 0 bridgehead atoms. The van der Waals surface area contributed by atoms with Gasteiger partial charge in [-0.05, 0) is 37.1 Å². The molecule has 2 N–H and O–H groups in total. The molecule has 0 fully saturated rings. The first-order chi connectivity index (χ1) is 8.44. The summed E-state index contributed by atoms with van der Waals surface area (Å²) in [5.74, 6) is 0. The number of nitrogens with two attached hydrogens (primary N) is 1. The standard InChI is InChI=1S/C16H21NS/c1-11-5-6-13(12(2)9-11)14-7-8-15(18-14)16(3,4)10-17/h5-9H,10,17H2,1-4H3. The first-order valence-corrected chi connectivity index (χ1v) is 7.14. The van der Waals surface area contributed by atoms with Crippen molar-refractivity contribution in [1.29, 1.82) is 0 Å². The normalized spacial score (nSPS) is 11.8. The van der Waals surface area contributed by atoms with Crippen LogP contribution in [0.15, 0.2) is 30.3 Å². The van der Waals surface area contributed by atoms with Gasteiger partial charge in [-0.15, -0.1) is 11.3 Å². The summed E-state index contributed by atoms with van der Waals surface area (Å²) in [6, 6.07) is 11.1. The molecular formula is C16H21NS. The fourth-order valence-corrected chi connectivity index (χ4v) is 3.24. The average molecular weight is 259 g/mol. The summed E-state index contributed by atoms with van der Waals surface area (Å²) in [4.78, 5) is 2.70. The second kappa shape index (κ2) is 4.87. The van der Waals surface area contributed by atoms with Crippen molar-refractivity contribution in [2.24, 2.45) is 5.73 Å². The maximum Gasteiger partial charge on any atom is 0.0348 e. The smallest absolute Gasteiger partial charge is 0.0348 e. The first kappa shape index (κ1) is 13.3. The van der Waals surface area contributed by atoms with Crippen LogP contribution in [0.3, 0.4) is 0 Å². The van der Waals surface area contributed by atoms with Crippen LogP contribution in [0.4, 0.5) is 0 Å². The van der Waals surface area contributed by atoms with E-state index in [9.17, 15) is 0 Å². The Morgan fingerprint density at radius 3 is 2.44 bits per heavy atom. The molecule has 0 aliphatic heterocycles. The minimum absolute atomic E-state index is 0.0710. The van der Waals surface area contributed by atoms with Crippen molar-refractivity contribution < 1.29 is 0 Å². The fourth-order valence-electron chi connectivity index (χ4n) is 2.04. The lowest BCUT2D eigenvalue weighted by molar-refractivity contribution is 0.550. The molecule has 0 radical (unpaired) electrons. The van der Waals surface area contributed by atoms with E-state index >= 15 is 0 Å². The largest absolute Gasteiger partial charge is 0.330 e. The molecule has 1 heterocycles. The molecule has 0 spiro atoms. The predicted molar refractivity (Wildman–Crippen MR) is 81.3 cm³/mol. The van der Waals surface area contributed by atoms with Crippen molar-refractivity contribution in [2.45, 2.75) is 33.1 Å². The van der Waals surface area contributed by atoms with Gasteiger partial charge in [0, 0.05) is 21.7 Å². The minimum atomic E-state index is 0.0710. The van der Waals surface area contributed by atoms with Crippen LogP contribution >= 0.6 is 11.3 Å². The molecular weight excluding hydrogens is 238 g/mol. The van der Waals surface area contributed by atoms with E-state index in [1.165, 1.54) is 26.4 Å². The van der Waals surface area contributed by atoms with Gasteiger partial charge in [-0.2, -0.15) is 0 Å². The molecule has 2 aromatic rings. The summed E-state index contributed by atoms with van der Waals surface area (Å²) in [6.45, 7) is 9.39. The molecule has 1 aromatic carbocycles. The quantitative estimate of drug-likeness (QED) is 0.875. The highest BCUT2D eigenvalue weighted by atomic mass is 32.1. The van der Waals surface area contributed by atoms with Gasteiger partial charge in [0.05, 0.1) is 0 Å². The lowest BCUT2D eigenvalue weighted by Gasteiger charge is -2.20. The predicted octanol–water partition coefficient (Wildman–Crippen LogP) is 4.27. The van der Waals surface area contributed by atoms with Crippen molar-refractivity contribution in [3.05, 3.63) is 46.3 Å². The summed E-state index contributed by atoms with van der Waals surface area (Å²) in [6.07, 6.45) is 0. The highest BCUT2D eigenvalue weighted by Crippen LogP contribution is 2.36. The van der Waals surface area contributed by atoms with Crippen LogP contribution in [0.5, 0.6) is 0 Å². The van der Waals surface area contributed by atoms with Gasteiger partial charge < -0.3 is 5.73 Å². The average Bonchev–Trinajstić information content (AvgIpc) is 2.79. The monoisotopic (exact) mass is 259 g/mol. The lowest BCUT2D eigenvalue weighted by atomic mass is 9.92. The van der Waals surface area contributed by atoms with Crippen molar-refractivity contribution >= 4 is 11.3 Å². The van der Waals surface area contributed by atoms with Gasteiger partial charge in [-0.3, -0.25) is 0 Å². The third kappa shape index (κ3) is 2.50. The SMILES string of the molecule is Cc1ccc(-c2ccc(C(C)(C)CN)s2)c(C)c1. The highest BCUT2D eigenvalue weighted by molar-refractivity contribution is 7.15. The number of rotatable bonds is 3. The van der Waals surface area contributed by atoms with Gasteiger partial charge in [0.2, 0.25) is 0 Å². The Hall–Kier alpha value is -1.12. The zero-order chi connectivity index (χ0) is 13.3. The van der Waals surface area contributed by atoms with Crippen molar-refractivity contribution in [2.75, 3.05) is 6.54 Å². The van der Waals surface area contributed by atoms with E-state index in [-0.39, 0.29) is 5.41 Å². The van der Waals surface area contributed by atoms with Gasteiger partial charge in [0.1, 0.15) is 0 Å². The Balaban J connectivity index is 2.41. The molecule has 0 atom stereocenters. The second-order valence-electron chi connectivity index (χ2n) is 5.57. The molecule has 2 rings (SSSR count). The van der Waals surface area contributed by atoms with Gasteiger partial charge >= 0.3 is 0 Å². The summed E-state index contributed by atoms with van der Waals surface area (Å²) in [7, 11) is 0. The van der Waals surface area contributed by atoms with E-state index < -0.39 is 0 Å². The van der Waals surface area contributed by atoms with Gasteiger partial charge in [-0.25, -0.2) is 0 Å². The number of hydrogen-bond acceptors (Lipinski definition) is 2. The maximum absolute atomic E-state index is 5.84. The van der Waals surface area contributed by atoms with E-state index in [0.29, 0.717) is 6.54 Å². The fraction of sp³-hybridized carbons (Fsp3) is 0.375. The topological polar surface area (TPSA) is 26.0 Å². The van der Waals surface area contributed by atoms with Crippen molar-refractivity contribution in [1.82, 2.24) is 0 Å². The third-order valence-corrected chi connectivity index (χ3v) is 4.92. The van der Waals surface area contributed by atoms with E-state index in [2.05, 4.69) is 58.0 Å². The van der Waals surface area contributed by atoms with E-state index in [4.69, 9.17) is 5.73 Å². The van der Waals surface area contributed by atoms with Crippen molar-refractivity contribution in [3.8, 4) is 10.4 Å². The Labute approximate surface area is 114 Å². The second-order valence-corrected chi connectivity index (χ2v) is 6.65. The minimum Gasteiger partial charge on any atom is -0.330 e. The molecule has 0 saturated carbocycles. The van der Waals surface area contributed by atoms with E-state index in [1.807, 2.05) is 11.3 Å². The number of aryl methyl sites for hydroxylation is 2. The molecule has 2 heteroatoms. The number of thiophene rings is 1. The molecule has 1 aromatic heterocycles. The van der Waals surface area contributed by atoms with E-state index in [1.54, 1.807) is 0 Å². The zero-order valence-corrected chi connectivity index (χ0v) is 12.4. The summed E-state index contributed by atoms with van der Waals surface area (Å²) in [5.41, 5.74) is 9.91. The molecule has 0 unspecified atom stereocenters. The number of hydrogen-bond donors (Lipinski definition) is 1. The third-order valence-electron chi connectivity index (χ3n) is 3.43. The molecule has 0 aliphatic rings. The zero-order valence-electron chi connectivity index (χ0n) is 11.6. The van der Waals surface area contributed by atoms with Crippen LogP contribution in [0.1, 0.15) is 29.9 Å². The summed E-state index contributed by atoms with van der Waals surface area (Å²) < 4.78 is 0. The Bertz CT molecular complexity index is 552. The Morgan fingerprint density at radius 1 is 1.11 bits per heavy atom. The highest BCUT2D eigenvalue weighted by Gasteiger charge is 2.21. The van der Waals surface area contributed by atoms with Gasteiger partial charge in [0.15, 0.2) is 0 Å². The van der Waals surface area contributed by atoms with Crippen LogP contribution in [0.25, 0.3) is 10.4 Å². The molecule has 96 valence electrons. The molecule has 18 heavy (non-hydrogen) atoms. The Morgan fingerprint density at radius 2 is 1.83 bits per heavy atom. The molecule has 0 aliphatic carbocycles. The van der Waals surface area contributed by atoms with Crippen LogP contribution < -0.4 is 5.73 Å². The van der Waals surface area contributed by atoms with E-state index in [0.717, 1.165) is 0 Å². The molecule has 0 amide bonds. The maximum atomic E-state index is 5.84. The number of benzene rings is 1. The first-order valence-electron chi connectivity index (χ1n) is 6.32. The summed E-state index contributed by atoms with van der Waals surface area (Å²) in [5, 5.41) is 0. The van der Waals surface area contributed by atoms with Crippen LogP contribution in [-0.4, -0.2) is 6.54 Å². The van der Waals surface area contributed by atoms with Gasteiger partial charge in [0.25, 0.3) is 0 Å². The van der Waals surface area contributed by atoms with Gasteiger partial charge in [-0.1, -0.05) is 37.6 Å². The lowest BCUT2D eigenvalue weighted by Crippen LogP contribution is -2.26. The van der Waals surface area contributed by atoms with Crippen LogP contribution in [-0.2, 0) is 5.41 Å². The van der Waals surface area contributed by atoms with Crippen LogP contribution in [0.2, 0.25) is 0 Å².